The van der Waals surface area contributed by atoms with Crippen LogP contribution in [0.5, 0.6) is 23.0 Å². The Balaban J connectivity index is 0.00000117. The van der Waals surface area contributed by atoms with Crippen LogP contribution >= 0.6 is 0 Å². The third-order valence-electron chi connectivity index (χ3n) is 8.00. The molecule has 0 radical (unpaired) electrons. The predicted molar refractivity (Wildman–Crippen MR) is 213 cm³/mol. The van der Waals surface area contributed by atoms with Crippen LogP contribution in [0.4, 0.5) is 11.4 Å². The zero-order valence-corrected chi connectivity index (χ0v) is 35.3. The zero-order valence-electron chi connectivity index (χ0n) is 31.2. The molecule has 0 unspecified atom stereocenters. The Morgan fingerprint density at radius 3 is 1.25 bits per heavy atom. The van der Waals surface area contributed by atoms with Gasteiger partial charge < -0.3 is 30.6 Å². The number of benzene rings is 7. The fourth-order valence-electron chi connectivity index (χ4n) is 5.44. The first-order valence-corrected chi connectivity index (χ1v) is 17.0. The van der Waals surface area contributed by atoms with Crippen molar-refractivity contribution in [3.05, 3.63) is 168 Å². The molecule has 57 heavy (non-hydrogen) atoms. The number of fused-ring (bicyclic) bond motifs is 2. The molecule has 0 aliphatic heterocycles. The zero-order chi connectivity index (χ0) is 38.1. The van der Waals surface area contributed by atoms with E-state index < -0.39 is 0 Å². The van der Waals surface area contributed by atoms with Gasteiger partial charge >= 0.3 is 0 Å². The molecule has 0 saturated heterocycles. The van der Waals surface area contributed by atoms with E-state index in [1.807, 2.05) is 60.7 Å². The maximum atomic E-state index is 13.2. The van der Waals surface area contributed by atoms with Crippen LogP contribution in [0.1, 0.15) is 36.1 Å². The van der Waals surface area contributed by atoms with Crippen LogP contribution in [0, 0.1) is 53.8 Å². The van der Waals surface area contributed by atoms with Gasteiger partial charge in [0.05, 0.1) is 23.5 Å². The molecule has 0 fully saturated rings. The number of nitrogens with zero attached hydrogens (tertiary/aromatic N) is 4. The molecule has 7 rings (SSSR count). The molecule has 7 aromatic rings. The SMILES string of the molecule is CC#N.CC#N.[O-2].[O-2].[O-]c1c(C=Nc2ccccc2N=Cc2cccc(OCc3ccc4ccccc4c3)c2[O-])cccc1OCc1ccc2ccccc2c1.[U]. The molecule has 0 amide bonds. The first kappa shape index (κ1) is 46.7. The second-order valence-corrected chi connectivity index (χ2v) is 11.7. The smallest absolute Gasteiger partial charge is 0.113 e. The van der Waals surface area contributed by atoms with Crippen LogP contribution in [0.15, 0.2) is 156 Å². The number of hydrogen-bond acceptors (Lipinski definition) is 8. The summed E-state index contributed by atoms with van der Waals surface area (Å²) in [5.41, 5.74) is 3.83. The van der Waals surface area contributed by atoms with E-state index in [2.05, 4.69) is 46.4 Å². The number of hydrogen-bond donors (Lipinski definition) is 0. The molecular weight excluding hydrogens is 943 g/mol. The van der Waals surface area contributed by atoms with Crippen molar-refractivity contribution in [1.82, 2.24) is 0 Å². The largest absolute Gasteiger partial charge is 2.00 e. The van der Waals surface area contributed by atoms with E-state index in [-0.39, 0.29) is 78.3 Å². The Bertz CT molecular complexity index is 2340. The van der Waals surface area contributed by atoms with Gasteiger partial charge in [-0.1, -0.05) is 121 Å². The minimum absolute atomic E-state index is 0. The molecule has 0 atom stereocenters. The molecule has 286 valence electrons. The van der Waals surface area contributed by atoms with Gasteiger partial charge in [-0.15, -0.1) is 0 Å². The van der Waals surface area contributed by atoms with Gasteiger partial charge in [0.1, 0.15) is 24.7 Å². The molecule has 7 aromatic carbocycles. The van der Waals surface area contributed by atoms with Gasteiger partial charge in [-0.3, -0.25) is 9.98 Å². The quantitative estimate of drug-likeness (QED) is 0.122. The number of aliphatic imine (C=N–C) groups is 2. The molecule has 0 heterocycles. The number of rotatable bonds is 10. The molecule has 0 saturated carbocycles. The standard InChI is InChI=1S/C42H32N2O4.2C2H3N.2O.U/c45-41-35(13-7-17-39(41)47-27-29-19-21-31-9-1-3-11-33(31)23-29)25-43-37-15-5-6-16-38(37)44-26-36-14-8-18-40(42(36)46)48-28-30-20-22-32-10-2-4-12-34(32)24-30;2*1-2-3;;;/h1-26,45-46H,27-28H2;2*1H3;;;/q;;;2*-2;/p-2. The molecule has 0 bridgehead atoms. The monoisotopic (exact) mass is 978 g/mol. The second-order valence-electron chi connectivity index (χ2n) is 11.7. The molecule has 0 aliphatic carbocycles. The normalized spacial score (nSPS) is 9.96. The van der Waals surface area contributed by atoms with Crippen molar-refractivity contribution in [2.24, 2.45) is 9.98 Å². The average Bonchev–Trinajstić information content (AvgIpc) is 3.20. The summed E-state index contributed by atoms with van der Waals surface area (Å²) < 4.78 is 11.8. The van der Waals surface area contributed by atoms with Gasteiger partial charge in [0.15, 0.2) is 0 Å². The fourth-order valence-corrected chi connectivity index (χ4v) is 5.44. The molecule has 0 aromatic heterocycles. The maximum Gasteiger partial charge on any atom is 0.113 e. The Morgan fingerprint density at radius 1 is 0.509 bits per heavy atom. The van der Waals surface area contributed by atoms with Gasteiger partial charge in [0.2, 0.25) is 0 Å². The summed E-state index contributed by atoms with van der Waals surface area (Å²) in [5.74, 6) is 0.00672. The van der Waals surface area contributed by atoms with Crippen LogP contribution in [0.3, 0.4) is 0 Å². The average molecular weight is 979 g/mol. The maximum absolute atomic E-state index is 13.2. The minimum Gasteiger partial charge on any atom is -2.00 e. The summed E-state index contributed by atoms with van der Waals surface area (Å²) in [6.45, 7) is 3.41. The summed E-state index contributed by atoms with van der Waals surface area (Å²) in [5, 5.41) is 45.6. The Kier molecular flexibility index (Phi) is 19.8. The van der Waals surface area contributed by atoms with Crippen LogP contribution in [-0.2, 0) is 24.2 Å². The van der Waals surface area contributed by atoms with Crippen molar-refractivity contribution >= 4 is 45.3 Å². The van der Waals surface area contributed by atoms with Crippen LogP contribution < -0.4 is 19.7 Å². The van der Waals surface area contributed by atoms with E-state index in [1.165, 1.54) is 26.3 Å². The van der Waals surface area contributed by atoms with Crippen LogP contribution in [0.25, 0.3) is 21.5 Å². The van der Waals surface area contributed by atoms with Crippen LogP contribution in [0.2, 0.25) is 0 Å². The van der Waals surface area contributed by atoms with Gasteiger partial charge in [0, 0.05) is 57.4 Å². The molecule has 10 nitrogen and oxygen atoms in total. The number of nitriles is 2. The molecule has 0 spiro atoms. The summed E-state index contributed by atoms with van der Waals surface area (Å²) in [6, 6.07) is 49.5. The molecule has 11 heteroatoms. The number of ether oxygens (including phenoxy) is 2. The first-order chi connectivity index (χ1) is 26.4. The van der Waals surface area contributed by atoms with Gasteiger partial charge in [-0.2, -0.15) is 10.5 Å². The van der Waals surface area contributed by atoms with Crippen molar-refractivity contribution in [2.75, 3.05) is 0 Å². The summed E-state index contributed by atoms with van der Waals surface area (Å²) >= 11 is 0. The predicted octanol–water partition coefficient (Wildman–Crippen LogP) is 9.62. The van der Waals surface area contributed by atoms with Gasteiger partial charge in [0.25, 0.3) is 0 Å². The Labute approximate surface area is 355 Å². The van der Waals surface area contributed by atoms with Crippen LogP contribution in [-0.4, -0.2) is 12.4 Å². The minimum atomic E-state index is -0.250. The molecule has 0 aliphatic rings. The Morgan fingerprint density at radius 2 is 0.860 bits per heavy atom. The van der Waals surface area contributed by atoms with Crippen molar-refractivity contribution in [3.8, 4) is 35.1 Å². The van der Waals surface area contributed by atoms with Crippen molar-refractivity contribution in [3.63, 3.8) is 0 Å². The van der Waals surface area contributed by atoms with E-state index in [1.54, 1.807) is 60.7 Å². The van der Waals surface area contributed by atoms with Crippen molar-refractivity contribution in [1.29, 1.82) is 10.5 Å². The first-order valence-electron chi connectivity index (χ1n) is 17.0. The van der Waals surface area contributed by atoms with Gasteiger partial charge in [-0.05, 0) is 80.2 Å². The molecule has 0 N–H and O–H groups in total. The van der Waals surface area contributed by atoms with Crippen molar-refractivity contribution < 1.29 is 61.8 Å². The summed E-state index contributed by atoms with van der Waals surface area (Å²) in [4.78, 5) is 9.14. The fraction of sp³-hybridized carbons (Fsp3) is 0.0870. The third-order valence-corrected chi connectivity index (χ3v) is 8.00. The van der Waals surface area contributed by atoms with Crippen molar-refractivity contribution in [2.45, 2.75) is 27.1 Å². The van der Waals surface area contributed by atoms with E-state index in [9.17, 15) is 10.2 Å². The summed E-state index contributed by atoms with van der Waals surface area (Å²) in [7, 11) is 0. The van der Waals surface area contributed by atoms with E-state index in [4.69, 9.17) is 20.0 Å². The second kappa shape index (κ2) is 24.1. The third kappa shape index (κ3) is 13.1. The van der Waals surface area contributed by atoms with E-state index in [0.717, 1.165) is 32.7 Å². The topological polar surface area (TPSA) is 194 Å². The number of para-hydroxylation sites is 4. The summed E-state index contributed by atoms with van der Waals surface area (Å²) in [6.07, 6.45) is 3.03. The van der Waals surface area contributed by atoms with Gasteiger partial charge in [-0.25, -0.2) is 0 Å². The Hall–Kier alpha value is -6.45. The van der Waals surface area contributed by atoms with E-state index in [0.29, 0.717) is 22.5 Å². The molecular formula is C46H36N4O6U-6. The van der Waals surface area contributed by atoms with E-state index >= 15 is 0 Å².